The number of hydrogen-bond donors (Lipinski definition) is 1. The Kier molecular flexibility index (Phi) is 4.06. The number of nitrogens with one attached hydrogen (secondary N) is 1. The first-order valence-corrected chi connectivity index (χ1v) is 7.38. The average Bonchev–Trinajstić information content (AvgIpc) is 3.12. The van der Waals surface area contributed by atoms with Crippen LogP contribution in [0.2, 0.25) is 0 Å². The number of benzene rings is 1. The Bertz CT molecular complexity index is 745. The standard InChI is InChI=1S/C17H20N4O/c1-12-9-10-15(22-12)13(2)18-11-16-19-20-17(21(16)3)14-7-5-4-6-8-14/h4-10,13,18H,11H2,1-3H3/t13-/m1/s1. The van der Waals surface area contributed by atoms with Gasteiger partial charge in [-0.15, -0.1) is 10.2 Å². The van der Waals surface area contributed by atoms with Gasteiger partial charge in [0.15, 0.2) is 5.82 Å². The molecule has 3 aromatic rings. The zero-order valence-corrected chi connectivity index (χ0v) is 13.1. The quantitative estimate of drug-likeness (QED) is 0.785. The summed E-state index contributed by atoms with van der Waals surface area (Å²) in [5.74, 6) is 3.63. The van der Waals surface area contributed by atoms with Crippen molar-refractivity contribution in [1.82, 2.24) is 20.1 Å². The van der Waals surface area contributed by atoms with Crippen LogP contribution in [0.5, 0.6) is 0 Å². The van der Waals surface area contributed by atoms with Gasteiger partial charge in [-0.25, -0.2) is 0 Å². The predicted octanol–water partition coefficient (Wildman–Crippen LogP) is 3.23. The van der Waals surface area contributed by atoms with Gasteiger partial charge >= 0.3 is 0 Å². The smallest absolute Gasteiger partial charge is 0.163 e. The van der Waals surface area contributed by atoms with Gasteiger partial charge in [-0.2, -0.15) is 0 Å². The largest absolute Gasteiger partial charge is 0.465 e. The number of furan rings is 1. The third kappa shape index (κ3) is 2.94. The zero-order valence-electron chi connectivity index (χ0n) is 13.1. The number of aryl methyl sites for hydroxylation is 1. The minimum Gasteiger partial charge on any atom is -0.465 e. The van der Waals surface area contributed by atoms with Crippen LogP contribution in [0.3, 0.4) is 0 Å². The molecule has 0 radical (unpaired) electrons. The lowest BCUT2D eigenvalue weighted by Gasteiger charge is -2.11. The highest BCUT2D eigenvalue weighted by molar-refractivity contribution is 5.54. The summed E-state index contributed by atoms with van der Waals surface area (Å²) in [7, 11) is 1.99. The Morgan fingerprint density at radius 2 is 1.91 bits per heavy atom. The van der Waals surface area contributed by atoms with Crippen molar-refractivity contribution in [2.45, 2.75) is 26.4 Å². The van der Waals surface area contributed by atoms with E-state index in [1.54, 1.807) is 0 Å². The van der Waals surface area contributed by atoms with E-state index in [0.717, 1.165) is 28.7 Å². The number of nitrogens with zero attached hydrogens (tertiary/aromatic N) is 3. The van der Waals surface area contributed by atoms with Gasteiger partial charge in [-0.05, 0) is 26.0 Å². The SMILES string of the molecule is Cc1ccc([C@@H](C)NCc2nnc(-c3ccccc3)n2C)o1. The van der Waals surface area contributed by atoms with Crippen LogP contribution in [0.1, 0.15) is 30.3 Å². The molecule has 114 valence electrons. The monoisotopic (exact) mass is 296 g/mol. The molecule has 5 nitrogen and oxygen atoms in total. The molecular formula is C17H20N4O. The highest BCUT2D eigenvalue weighted by atomic mass is 16.3. The van der Waals surface area contributed by atoms with Crippen LogP contribution in [0.25, 0.3) is 11.4 Å². The minimum absolute atomic E-state index is 0.130. The van der Waals surface area contributed by atoms with Crippen LogP contribution in [0, 0.1) is 6.92 Å². The first kappa shape index (κ1) is 14.5. The molecule has 22 heavy (non-hydrogen) atoms. The van der Waals surface area contributed by atoms with Crippen molar-refractivity contribution in [3.63, 3.8) is 0 Å². The molecule has 2 heterocycles. The van der Waals surface area contributed by atoms with E-state index in [2.05, 4.69) is 22.4 Å². The molecule has 3 rings (SSSR count). The van der Waals surface area contributed by atoms with E-state index in [-0.39, 0.29) is 6.04 Å². The van der Waals surface area contributed by atoms with E-state index in [4.69, 9.17) is 4.42 Å². The Morgan fingerprint density at radius 1 is 1.14 bits per heavy atom. The van der Waals surface area contributed by atoms with Crippen LogP contribution in [0.4, 0.5) is 0 Å². The van der Waals surface area contributed by atoms with Gasteiger partial charge in [0, 0.05) is 12.6 Å². The van der Waals surface area contributed by atoms with Crippen molar-refractivity contribution in [3.05, 3.63) is 59.8 Å². The second kappa shape index (κ2) is 6.15. The second-order valence-electron chi connectivity index (χ2n) is 5.42. The van der Waals surface area contributed by atoms with Gasteiger partial charge in [0.1, 0.15) is 17.3 Å². The van der Waals surface area contributed by atoms with Gasteiger partial charge in [0.25, 0.3) is 0 Å². The lowest BCUT2D eigenvalue weighted by Crippen LogP contribution is -2.20. The van der Waals surface area contributed by atoms with Crippen LogP contribution in [-0.4, -0.2) is 14.8 Å². The maximum Gasteiger partial charge on any atom is 0.163 e. The molecule has 1 aromatic carbocycles. The summed E-state index contributed by atoms with van der Waals surface area (Å²) in [4.78, 5) is 0. The summed E-state index contributed by atoms with van der Waals surface area (Å²) in [6.45, 7) is 4.66. The molecular weight excluding hydrogens is 276 g/mol. The highest BCUT2D eigenvalue weighted by Crippen LogP contribution is 2.18. The van der Waals surface area contributed by atoms with Crippen molar-refractivity contribution in [2.75, 3.05) is 0 Å². The van der Waals surface area contributed by atoms with Crippen LogP contribution in [0.15, 0.2) is 46.9 Å². The van der Waals surface area contributed by atoms with Crippen LogP contribution >= 0.6 is 0 Å². The normalized spacial score (nSPS) is 12.5. The molecule has 0 saturated carbocycles. The average molecular weight is 296 g/mol. The molecule has 0 spiro atoms. The fourth-order valence-electron chi connectivity index (χ4n) is 2.39. The molecule has 0 amide bonds. The maximum atomic E-state index is 5.63. The summed E-state index contributed by atoms with van der Waals surface area (Å²) in [6, 6.07) is 14.2. The fraction of sp³-hybridized carbons (Fsp3) is 0.294. The molecule has 0 saturated heterocycles. The lowest BCUT2D eigenvalue weighted by molar-refractivity contribution is 0.411. The molecule has 0 bridgehead atoms. The Balaban J connectivity index is 1.70. The molecule has 0 fully saturated rings. The van der Waals surface area contributed by atoms with E-state index in [1.807, 2.05) is 61.0 Å². The summed E-state index contributed by atoms with van der Waals surface area (Å²) < 4.78 is 7.65. The van der Waals surface area contributed by atoms with Crippen molar-refractivity contribution >= 4 is 0 Å². The molecule has 0 unspecified atom stereocenters. The van der Waals surface area contributed by atoms with E-state index >= 15 is 0 Å². The zero-order chi connectivity index (χ0) is 15.5. The first-order valence-electron chi connectivity index (χ1n) is 7.38. The lowest BCUT2D eigenvalue weighted by atomic mass is 10.2. The maximum absolute atomic E-state index is 5.63. The van der Waals surface area contributed by atoms with Gasteiger partial charge < -0.3 is 14.3 Å². The summed E-state index contributed by atoms with van der Waals surface area (Å²) in [5.41, 5.74) is 1.07. The second-order valence-corrected chi connectivity index (χ2v) is 5.42. The minimum atomic E-state index is 0.130. The Hall–Kier alpha value is -2.40. The number of hydrogen-bond acceptors (Lipinski definition) is 4. The van der Waals surface area contributed by atoms with E-state index in [0.29, 0.717) is 6.54 Å². The summed E-state index contributed by atoms with van der Waals surface area (Å²) in [5, 5.41) is 12.0. The van der Waals surface area contributed by atoms with E-state index in [1.165, 1.54) is 0 Å². The molecule has 1 N–H and O–H groups in total. The van der Waals surface area contributed by atoms with Crippen molar-refractivity contribution < 1.29 is 4.42 Å². The Labute approximate surface area is 130 Å². The summed E-state index contributed by atoms with van der Waals surface area (Å²) in [6.07, 6.45) is 0. The number of aromatic nitrogens is 3. The van der Waals surface area contributed by atoms with Crippen molar-refractivity contribution in [3.8, 4) is 11.4 Å². The van der Waals surface area contributed by atoms with Gasteiger partial charge in [0.05, 0.1) is 12.6 Å². The number of rotatable bonds is 5. The van der Waals surface area contributed by atoms with E-state index in [9.17, 15) is 0 Å². The molecule has 2 aromatic heterocycles. The van der Waals surface area contributed by atoms with Crippen molar-refractivity contribution in [2.24, 2.45) is 7.05 Å². The van der Waals surface area contributed by atoms with Crippen LogP contribution in [-0.2, 0) is 13.6 Å². The van der Waals surface area contributed by atoms with Gasteiger partial charge in [0.2, 0.25) is 0 Å². The molecule has 1 atom stereocenters. The van der Waals surface area contributed by atoms with Gasteiger partial charge in [-0.3, -0.25) is 0 Å². The summed E-state index contributed by atoms with van der Waals surface area (Å²) >= 11 is 0. The third-order valence-corrected chi connectivity index (χ3v) is 3.75. The molecule has 5 heteroatoms. The fourth-order valence-corrected chi connectivity index (χ4v) is 2.39. The first-order chi connectivity index (χ1) is 10.6. The van der Waals surface area contributed by atoms with Crippen molar-refractivity contribution in [1.29, 1.82) is 0 Å². The van der Waals surface area contributed by atoms with Crippen LogP contribution < -0.4 is 5.32 Å². The topological polar surface area (TPSA) is 55.9 Å². The highest BCUT2D eigenvalue weighted by Gasteiger charge is 2.13. The third-order valence-electron chi connectivity index (χ3n) is 3.75. The predicted molar refractivity (Wildman–Crippen MR) is 85.1 cm³/mol. The van der Waals surface area contributed by atoms with Gasteiger partial charge in [-0.1, -0.05) is 30.3 Å². The molecule has 0 aliphatic heterocycles. The Morgan fingerprint density at radius 3 is 2.59 bits per heavy atom. The van der Waals surface area contributed by atoms with E-state index < -0.39 is 0 Å². The molecule has 0 aliphatic carbocycles. The molecule has 0 aliphatic rings.